The molecule has 4 heteroatoms. The monoisotopic (exact) mass is 850 g/mol. The number of hydrogen-bond acceptors (Lipinski definition) is 4. The molecule has 8 atom stereocenters. The maximum absolute atomic E-state index is 5.69. The Hall–Kier alpha value is -4.84. The normalized spacial score (nSPS) is 21.4. The van der Waals surface area contributed by atoms with Crippen LogP contribution in [-0.2, 0) is 57.5 Å². The van der Waals surface area contributed by atoms with E-state index in [1.165, 1.54) is 55.6 Å². The van der Waals surface area contributed by atoms with E-state index in [-0.39, 0.29) is 0 Å². The van der Waals surface area contributed by atoms with E-state index < -0.39 is 0 Å². The van der Waals surface area contributed by atoms with Crippen molar-refractivity contribution < 1.29 is 18.9 Å². The molecular formula is C60H66O4. The first-order valence-electron chi connectivity index (χ1n) is 24.5. The van der Waals surface area contributed by atoms with Gasteiger partial charge in [0.15, 0.2) is 0 Å². The average molecular weight is 851 g/mol. The molecule has 0 aliphatic carbocycles. The van der Waals surface area contributed by atoms with Gasteiger partial charge in [0, 0.05) is 25.7 Å². The quantitative estimate of drug-likeness (QED) is 0.0539. The average Bonchev–Trinajstić information content (AvgIpc) is 4.09. The lowest BCUT2D eigenvalue weighted by molar-refractivity contribution is 0.406. The number of ether oxygens (including phenoxy) is 4. The summed E-state index contributed by atoms with van der Waals surface area (Å²) in [4.78, 5) is 0. The first-order valence-corrected chi connectivity index (χ1v) is 24.5. The Kier molecular flexibility index (Phi) is 14.1. The van der Waals surface area contributed by atoms with Gasteiger partial charge in [0.2, 0.25) is 0 Å². The maximum atomic E-state index is 5.69. The fourth-order valence-corrected chi connectivity index (χ4v) is 10.5. The minimum atomic E-state index is 0.389. The second-order valence-corrected chi connectivity index (χ2v) is 19.4. The van der Waals surface area contributed by atoms with E-state index in [1.807, 2.05) is 0 Å². The summed E-state index contributed by atoms with van der Waals surface area (Å²) in [5, 5.41) is 0. The van der Waals surface area contributed by atoms with Crippen LogP contribution in [0.2, 0.25) is 0 Å². The molecule has 0 bridgehead atoms. The molecule has 4 aliphatic heterocycles. The summed E-state index contributed by atoms with van der Waals surface area (Å²) in [5.74, 6) is 1.74. The van der Waals surface area contributed by atoms with Gasteiger partial charge >= 0.3 is 0 Å². The van der Waals surface area contributed by atoms with Gasteiger partial charge in [-0.25, -0.2) is 0 Å². The van der Waals surface area contributed by atoms with Crippen LogP contribution in [-0.4, -0.2) is 50.8 Å². The zero-order valence-electron chi connectivity index (χ0n) is 37.6. The lowest BCUT2D eigenvalue weighted by Crippen LogP contribution is -2.13. The van der Waals surface area contributed by atoms with Gasteiger partial charge in [-0.3, -0.25) is 0 Å². The molecule has 6 aromatic carbocycles. The molecule has 4 aliphatic rings. The Morgan fingerprint density at radius 3 is 0.969 bits per heavy atom. The van der Waals surface area contributed by atoms with E-state index in [2.05, 4.69) is 158 Å². The predicted octanol–water partition coefficient (Wildman–Crippen LogP) is 12.7. The highest BCUT2D eigenvalue weighted by Crippen LogP contribution is 2.42. The highest BCUT2D eigenvalue weighted by atomic mass is 16.6. The van der Waals surface area contributed by atoms with Crippen LogP contribution in [0, 0.1) is 0 Å². The van der Waals surface area contributed by atoms with Crippen molar-refractivity contribution >= 4 is 0 Å². The van der Waals surface area contributed by atoms with Crippen LogP contribution in [0.3, 0.4) is 0 Å². The molecule has 0 spiro atoms. The van der Waals surface area contributed by atoms with Gasteiger partial charge in [0.25, 0.3) is 0 Å². The van der Waals surface area contributed by atoms with Crippen molar-refractivity contribution in [2.24, 2.45) is 0 Å². The number of aryl methyl sites for hydroxylation is 2. The Balaban J connectivity index is 0.916. The minimum absolute atomic E-state index is 0.389. The Bertz CT molecular complexity index is 2170. The van der Waals surface area contributed by atoms with Gasteiger partial charge in [-0.05, 0) is 131 Å². The van der Waals surface area contributed by atoms with Gasteiger partial charge in [-0.15, -0.1) is 0 Å². The summed E-state index contributed by atoms with van der Waals surface area (Å²) in [6.45, 7) is 3.58. The third kappa shape index (κ3) is 12.5. The number of rotatable bonds is 25. The Morgan fingerprint density at radius 1 is 0.312 bits per heavy atom. The fourth-order valence-electron chi connectivity index (χ4n) is 10.5. The van der Waals surface area contributed by atoms with Gasteiger partial charge < -0.3 is 18.9 Å². The molecule has 0 saturated carbocycles. The van der Waals surface area contributed by atoms with Gasteiger partial charge in [0.1, 0.15) is 0 Å². The molecule has 4 nitrogen and oxygen atoms in total. The van der Waals surface area contributed by atoms with Crippen molar-refractivity contribution in [1.82, 2.24) is 0 Å². The van der Waals surface area contributed by atoms with Gasteiger partial charge in [0.05, 0.1) is 50.8 Å². The summed E-state index contributed by atoms with van der Waals surface area (Å²) >= 11 is 0. The van der Waals surface area contributed by atoms with Crippen molar-refractivity contribution in [2.45, 2.75) is 125 Å². The second-order valence-electron chi connectivity index (χ2n) is 19.4. The van der Waals surface area contributed by atoms with E-state index in [0.29, 0.717) is 48.1 Å². The van der Waals surface area contributed by atoms with Crippen molar-refractivity contribution in [3.05, 3.63) is 213 Å². The fraction of sp³-hybridized carbons (Fsp3) is 0.400. The second kappa shape index (κ2) is 21.0. The molecule has 64 heavy (non-hydrogen) atoms. The Morgan fingerprint density at radius 2 is 0.609 bits per heavy atom. The van der Waals surface area contributed by atoms with Crippen LogP contribution < -0.4 is 0 Å². The lowest BCUT2D eigenvalue weighted by atomic mass is 9.76. The van der Waals surface area contributed by atoms with Crippen LogP contribution >= 0.6 is 0 Å². The standard InChI is InChI=1S/C60H66O4/c1-3-11-45(12-4-1)53(35-55(49-23-19-43(20-24-49)33-57-39-61-57)29-27-47-15-7-9-17-51(47)37-59-41-63-59)31-32-54(46-13-5-2-6-14-46)36-56(50-25-21-44(22-26-50)34-58-40-62-58)30-28-48-16-8-10-18-52(48)38-60-42-64-60/h1-26,53-60H,27-42H2. The Labute approximate surface area is 382 Å². The molecule has 8 unspecified atom stereocenters. The molecule has 0 aromatic heterocycles. The highest BCUT2D eigenvalue weighted by molar-refractivity contribution is 5.34. The third-order valence-electron chi connectivity index (χ3n) is 14.6. The lowest BCUT2D eigenvalue weighted by Gasteiger charge is -2.29. The summed E-state index contributed by atoms with van der Waals surface area (Å²) in [6.07, 6.45) is 14.6. The van der Waals surface area contributed by atoms with Gasteiger partial charge in [-0.2, -0.15) is 0 Å². The van der Waals surface area contributed by atoms with E-state index in [4.69, 9.17) is 18.9 Å². The summed E-state index contributed by atoms with van der Waals surface area (Å²) in [5.41, 5.74) is 14.5. The largest absolute Gasteiger partial charge is 0.373 e. The van der Waals surface area contributed by atoms with Crippen molar-refractivity contribution in [2.75, 3.05) is 26.4 Å². The molecule has 4 heterocycles. The van der Waals surface area contributed by atoms with Gasteiger partial charge in [-0.1, -0.05) is 158 Å². The smallest absolute Gasteiger partial charge is 0.0850 e. The van der Waals surface area contributed by atoms with Crippen molar-refractivity contribution in [3.63, 3.8) is 0 Å². The highest BCUT2D eigenvalue weighted by Gasteiger charge is 2.29. The molecule has 330 valence electrons. The van der Waals surface area contributed by atoms with Crippen LogP contribution in [0.1, 0.15) is 118 Å². The number of epoxide rings is 4. The summed E-state index contributed by atoms with van der Waals surface area (Å²) in [7, 11) is 0. The van der Waals surface area contributed by atoms with Crippen molar-refractivity contribution in [1.29, 1.82) is 0 Å². The number of benzene rings is 6. The SMILES string of the molecule is c1ccc(C(CCC(CC(CCc2ccccc2CC2CO2)c2ccc(CC3CO3)cc2)c2ccccc2)CC(CCc2ccccc2CC2CO2)c2ccc(CC3CO3)cc2)cc1. The van der Waals surface area contributed by atoms with E-state index in [0.717, 1.165) is 103 Å². The van der Waals surface area contributed by atoms with Crippen molar-refractivity contribution in [3.8, 4) is 0 Å². The zero-order valence-corrected chi connectivity index (χ0v) is 37.6. The van der Waals surface area contributed by atoms with E-state index in [1.54, 1.807) is 0 Å². The molecule has 6 aromatic rings. The molecule has 4 fully saturated rings. The third-order valence-corrected chi connectivity index (χ3v) is 14.6. The van der Waals surface area contributed by atoms with Crippen LogP contribution in [0.5, 0.6) is 0 Å². The minimum Gasteiger partial charge on any atom is -0.373 e. The molecule has 0 N–H and O–H groups in total. The van der Waals surface area contributed by atoms with E-state index >= 15 is 0 Å². The maximum Gasteiger partial charge on any atom is 0.0850 e. The van der Waals surface area contributed by atoms with Crippen LogP contribution in [0.25, 0.3) is 0 Å². The predicted molar refractivity (Wildman–Crippen MR) is 259 cm³/mol. The van der Waals surface area contributed by atoms with Crippen LogP contribution in [0.15, 0.2) is 158 Å². The van der Waals surface area contributed by atoms with E-state index in [9.17, 15) is 0 Å². The zero-order chi connectivity index (χ0) is 42.9. The molecule has 10 rings (SSSR count). The molecular weight excluding hydrogens is 785 g/mol. The van der Waals surface area contributed by atoms with Crippen LogP contribution in [0.4, 0.5) is 0 Å². The number of hydrogen-bond donors (Lipinski definition) is 0. The summed E-state index contributed by atoms with van der Waals surface area (Å²) in [6, 6.07) is 60.4. The summed E-state index contributed by atoms with van der Waals surface area (Å²) < 4.78 is 22.6. The first-order chi connectivity index (χ1) is 31.6. The topological polar surface area (TPSA) is 50.1 Å². The molecule has 0 amide bonds. The molecule has 0 radical (unpaired) electrons. The molecule has 4 saturated heterocycles. The first kappa shape index (κ1) is 43.1.